The smallest absolute Gasteiger partial charge is 0.258 e. The number of benzene rings is 2. The lowest BCUT2D eigenvalue weighted by Gasteiger charge is -2.11. The first kappa shape index (κ1) is 14.3. The molecule has 0 saturated carbocycles. The largest absolute Gasteiger partial charge is 0.322 e. The van der Waals surface area contributed by atoms with Crippen LogP contribution in [0.1, 0.15) is 34.8 Å². The van der Waals surface area contributed by atoms with E-state index in [0.29, 0.717) is 5.56 Å². The molecule has 1 amide bonds. The monoisotopic (exact) mass is 271 g/mol. The van der Waals surface area contributed by atoms with E-state index in [1.54, 1.807) is 19.1 Å². The molecule has 0 radical (unpaired) electrons. The van der Waals surface area contributed by atoms with Gasteiger partial charge in [0, 0.05) is 5.69 Å². The molecule has 2 aromatic carbocycles. The van der Waals surface area contributed by atoms with E-state index in [1.165, 1.54) is 6.07 Å². The minimum atomic E-state index is -0.460. The summed E-state index contributed by atoms with van der Waals surface area (Å²) in [5, 5.41) is 2.80. The van der Waals surface area contributed by atoms with Gasteiger partial charge >= 0.3 is 0 Å². The molecule has 0 unspecified atom stereocenters. The van der Waals surface area contributed by atoms with Crippen molar-refractivity contribution in [3.63, 3.8) is 0 Å². The third-order valence-electron chi connectivity index (χ3n) is 3.22. The Balaban J connectivity index is 2.26. The van der Waals surface area contributed by atoms with Gasteiger partial charge in [-0.25, -0.2) is 4.39 Å². The Bertz CT molecular complexity index is 622. The van der Waals surface area contributed by atoms with Crippen molar-refractivity contribution in [2.75, 3.05) is 5.32 Å². The van der Waals surface area contributed by atoms with Crippen LogP contribution in [0, 0.1) is 12.7 Å². The molecule has 0 aliphatic heterocycles. The van der Waals surface area contributed by atoms with Crippen molar-refractivity contribution in [3.05, 3.63) is 65.0 Å². The van der Waals surface area contributed by atoms with Gasteiger partial charge in [0.2, 0.25) is 0 Å². The molecule has 0 aliphatic rings. The summed E-state index contributed by atoms with van der Waals surface area (Å²) >= 11 is 0. The number of amides is 1. The molecule has 2 rings (SSSR count). The highest BCUT2D eigenvalue weighted by Gasteiger charge is 2.14. The molecule has 0 bridgehead atoms. The van der Waals surface area contributed by atoms with Crippen LogP contribution in [0.3, 0.4) is 0 Å². The van der Waals surface area contributed by atoms with Crippen LogP contribution >= 0.6 is 0 Å². The second-order valence-electron chi connectivity index (χ2n) is 4.80. The van der Waals surface area contributed by atoms with Gasteiger partial charge in [0.05, 0.1) is 5.56 Å². The quantitative estimate of drug-likeness (QED) is 0.880. The molecule has 0 aromatic heterocycles. The number of para-hydroxylation sites is 1. The van der Waals surface area contributed by atoms with Gasteiger partial charge in [-0.15, -0.1) is 0 Å². The fourth-order valence-electron chi connectivity index (χ4n) is 2.14. The number of aryl methyl sites for hydroxylation is 2. The first-order valence-electron chi connectivity index (χ1n) is 6.78. The van der Waals surface area contributed by atoms with Crippen LogP contribution in [0.25, 0.3) is 0 Å². The molecule has 104 valence electrons. The van der Waals surface area contributed by atoms with E-state index in [9.17, 15) is 9.18 Å². The summed E-state index contributed by atoms with van der Waals surface area (Å²) in [5.74, 6) is -0.868. The summed E-state index contributed by atoms with van der Waals surface area (Å²) in [4.78, 5) is 12.2. The third kappa shape index (κ3) is 3.05. The van der Waals surface area contributed by atoms with E-state index in [0.717, 1.165) is 24.1 Å². The van der Waals surface area contributed by atoms with Gasteiger partial charge in [0.25, 0.3) is 5.91 Å². The highest BCUT2D eigenvalue weighted by molar-refractivity contribution is 6.05. The minimum absolute atomic E-state index is 0.0799. The van der Waals surface area contributed by atoms with Crippen LogP contribution in [0.2, 0.25) is 0 Å². The summed E-state index contributed by atoms with van der Waals surface area (Å²) in [6.07, 6.45) is 1.87. The second kappa shape index (κ2) is 6.33. The zero-order valence-electron chi connectivity index (χ0n) is 11.7. The highest BCUT2D eigenvalue weighted by atomic mass is 19.1. The Morgan fingerprint density at radius 1 is 1.15 bits per heavy atom. The van der Waals surface area contributed by atoms with Crippen molar-refractivity contribution in [3.8, 4) is 0 Å². The van der Waals surface area contributed by atoms with Crippen molar-refractivity contribution >= 4 is 11.6 Å². The standard InChI is InChI=1S/C17H18FNO/c1-3-7-13-9-4-5-11-15(13)19-17(20)14-10-6-8-12(2)16(14)18/h4-6,8-11H,3,7H2,1-2H3,(H,19,20). The molecular weight excluding hydrogens is 253 g/mol. The lowest BCUT2D eigenvalue weighted by molar-refractivity contribution is 0.102. The zero-order chi connectivity index (χ0) is 14.5. The predicted octanol–water partition coefficient (Wildman–Crippen LogP) is 4.34. The number of hydrogen-bond acceptors (Lipinski definition) is 1. The third-order valence-corrected chi connectivity index (χ3v) is 3.22. The van der Waals surface area contributed by atoms with Crippen LogP contribution in [-0.4, -0.2) is 5.91 Å². The molecule has 20 heavy (non-hydrogen) atoms. The van der Waals surface area contributed by atoms with Crippen LogP contribution in [0.4, 0.5) is 10.1 Å². The summed E-state index contributed by atoms with van der Waals surface area (Å²) in [5.41, 5.74) is 2.37. The van der Waals surface area contributed by atoms with Crippen molar-refractivity contribution < 1.29 is 9.18 Å². The molecule has 3 heteroatoms. The maximum absolute atomic E-state index is 13.9. The van der Waals surface area contributed by atoms with Gasteiger partial charge < -0.3 is 5.32 Å². The van der Waals surface area contributed by atoms with E-state index in [2.05, 4.69) is 12.2 Å². The summed E-state index contributed by atoms with van der Waals surface area (Å²) in [6, 6.07) is 12.5. The second-order valence-corrected chi connectivity index (χ2v) is 4.80. The van der Waals surface area contributed by atoms with Gasteiger partial charge in [-0.3, -0.25) is 4.79 Å². The summed E-state index contributed by atoms with van der Waals surface area (Å²) in [7, 11) is 0. The number of carbonyl (C=O) groups is 1. The zero-order valence-corrected chi connectivity index (χ0v) is 11.7. The Morgan fingerprint density at radius 2 is 1.90 bits per heavy atom. The Hall–Kier alpha value is -2.16. The highest BCUT2D eigenvalue weighted by Crippen LogP contribution is 2.19. The van der Waals surface area contributed by atoms with Gasteiger partial charge in [-0.05, 0) is 36.6 Å². The number of nitrogens with one attached hydrogen (secondary N) is 1. The number of rotatable bonds is 4. The molecule has 0 aliphatic carbocycles. The topological polar surface area (TPSA) is 29.1 Å². The molecule has 0 spiro atoms. The Morgan fingerprint density at radius 3 is 2.65 bits per heavy atom. The van der Waals surface area contributed by atoms with Crippen LogP contribution in [0.15, 0.2) is 42.5 Å². The van der Waals surface area contributed by atoms with E-state index in [1.807, 2.05) is 24.3 Å². The van der Waals surface area contributed by atoms with E-state index in [-0.39, 0.29) is 5.56 Å². The fourth-order valence-corrected chi connectivity index (χ4v) is 2.14. The van der Waals surface area contributed by atoms with Crippen molar-refractivity contribution in [2.45, 2.75) is 26.7 Å². The van der Waals surface area contributed by atoms with Crippen LogP contribution < -0.4 is 5.32 Å². The maximum atomic E-state index is 13.9. The van der Waals surface area contributed by atoms with Gasteiger partial charge in [-0.1, -0.05) is 43.7 Å². The number of hydrogen-bond donors (Lipinski definition) is 1. The predicted molar refractivity (Wildman–Crippen MR) is 79.5 cm³/mol. The molecule has 0 saturated heterocycles. The normalized spacial score (nSPS) is 10.3. The average molecular weight is 271 g/mol. The molecule has 2 aromatic rings. The summed E-state index contributed by atoms with van der Waals surface area (Å²) in [6.45, 7) is 3.73. The van der Waals surface area contributed by atoms with Gasteiger partial charge in [0.15, 0.2) is 0 Å². The molecular formula is C17H18FNO. The fraction of sp³-hybridized carbons (Fsp3) is 0.235. The summed E-state index contributed by atoms with van der Waals surface area (Å²) < 4.78 is 13.9. The van der Waals surface area contributed by atoms with E-state index in [4.69, 9.17) is 0 Å². The van der Waals surface area contributed by atoms with Crippen LogP contribution in [0.5, 0.6) is 0 Å². The molecule has 0 heterocycles. The molecule has 2 nitrogen and oxygen atoms in total. The van der Waals surface area contributed by atoms with E-state index >= 15 is 0 Å². The molecule has 0 fully saturated rings. The van der Waals surface area contributed by atoms with Crippen molar-refractivity contribution in [1.82, 2.24) is 0 Å². The molecule has 1 N–H and O–H groups in total. The Kier molecular flexibility index (Phi) is 4.51. The SMILES string of the molecule is CCCc1ccccc1NC(=O)c1cccc(C)c1F. The first-order valence-corrected chi connectivity index (χ1v) is 6.78. The molecule has 0 atom stereocenters. The van der Waals surface area contributed by atoms with Gasteiger partial charge in [-0.2, -0.15) is 0 Å². The average Bonchev–Trinajstić information content (AvgIpc) is 2.44. The number of halogens is 1. The lowest BCUT2D eigenvalue weighted by atomic mass is 10.1. The van der Waals surface area contributed by atoms with Crippen LogP contribution in [-0.2, 0) is 6.42 Å². The van der Waals surface area contributed by atoms with Gasteiger partial charge in [0.1, 0.15) is 5.82 Å². The number of anilines is 1. The minimum Gasteiger partial charge on any atom is -0.322 e. The maximum Gasteiger partial charge on any atom is 0.258 e. The first-order chi connectivity index (χ1) is 9.63. The van der Waals surface area contributed by atoms with E-state index < -0.39 is 11.7 Å². The van der Waals surface area contributed by atoms with Crippen molar-refractivity contribution in [1.29, 1.82) is 0 Å². The van der Waals surface area contributed by atoms with Crippen molar-refractivity contribution in [2.24, 2.45) is 0 Å². The lowest BCUT2D eigenvalue weighted by Crippen LogP contribution is -2.15. The number of carbonyl (C=O) groups excluding carboxylic acids is 1. The Labute approximate surface area is 118 Å².